The van der Waals surface area contributed by atoms with Crippen LogP contribution < -0.4 is 5.32 Å². The van der Waals surface area contributed by atoms with E-state index in [4.69, 9.17) is 6.42 Å². The maximum Gasteiger partial charge on any atom is 0.317 e. The van der Waals surface area contributed by atoms with Gasteiger partial charge >= 0.3 is 6.03 Å². The number of rotatable bonds is 3. The van der Waals surface area contributed by atoms with Crippen LogP contribution in [0.2, 0.25) is 0 Å². The van der Waals surface area contributed by atoms with Gasteiger partial charge in [-0.2, -0.15) is 0 Å². The van der Waals surface area contributed by atoms with Gasteiger partial charge in [0.25, 0.3) is 0 Å². The van der Waals surface area contributed by atoms with Crippen molar-refractivity contribution >= 4 is 6.03 Å². The summed E-state index contributed by atoms with van der Waals surface area (Å²) in [7, 11) is 3.38. The molecule has 0 saturated carbocycles. The van der Waals surface area contributed by atoms with Gasteiger partial charge in [-0.05, 0) is 6.42 Å². The van der Waals surface area contributed by atoms with Gasteiger partial charge in [0, 0.05) is 14.1 Å². The lowest BCUT2D eigenvalue weighted by Gasteiger charge is -2.16. The van der Waals surface area contributed by atoms with Crippen molar-refractivity contribution in [3.63, 3.8) is 0 Å². The molecule has 0 bridgehead atoms. The van der Waals surface area contributed by atoms with Crippen LogP contribution in [0.5, 0.6) is 0 Å². The van der Waals surface area contributed by atoms with Gasteiger partial charge in [0.05, 0.1) is 6.04 Å². The Labute approximate surface area is 74.1 Å². The van der Waals surface area contributed by atoms with E-state index >= 15 is 0 Å². The van der Waals surface area contributed by atoms with Gasteiger partial charge in [-0.25, -0.2) is 4.79 Å². The topological polar surface area (TPSA) is 32.3 Å². The van der Waals surface area contributed by atoms with Gasteiger partial charge in [0.15, 0.2) is 0 Å². The Morgan fingerprint density at radius 1 is 1.67 bits per heavy atom. The summed E-state index contributed by atoms with van der Waals surface area (Å²) < 4.78 is 0. The summed E-state index contributed by atoms with van der Waals surface area (Å²) in [5.41, 5.74) is 0. The second kappa shape index (κ2) is 5.48. The predicted molar refractivity (Wildman–Crippen MR) is 49.7 cm³/mol. The molecule has 0 radical (unpaired) electrons. The first-order valence-electron chi connectivity index (χ1n) is 4.05. The highest BCUT2D eigenvalue weighted by Gasteiger charge is 2.08. The minimum atomic E-state index is -0.134. The van der Waals surface area contributed by atoms with Crippen molar-refractivity contribution in [2.24, 2.45) is 0 Å². The van der Waals surface area contributed by atoms with Crippen LogP contribution in [0.1, 0.15) is 19.8 Å². The Kier molecular flexibility index (Phi) is 4.94. The van der Waals surface area contributed by atoms with Crippen molar-refractivity contribution < 1.29 is 4.79 Å². The van der Waals surface area contributed by atoms with Crippen LogP contribution in [0, 0.1) is 12.3 Å². The molecule has 0 spiro atoms. The van der Waals surface area contributed by atoms with E-state index in [0.717, 1.165) is 12.8 Å². The second-order valence-corrected chi connectivity index (χ2v) is 2.85. The van der Waals surface area contributed by atoms with Crippen molar-refractivity contribution in [2.45, 2.75) is 25.8 Å². The molecule has 1 atom stereocenters. The molecule has 0 heterocycles. The minimum absolute atomic E-state index is 0.133. The first kappa shape index (κ1) is 10.8. The molecule has 68 valence electrons. The highest BCUT2D eigenvalue weighted by atomic mass is 16.2. The third-order valence-corrected chi connectivity index (χ3v) is 1.48. The zero-order valence-electron chi connectivity index (χ0n) is 7.92. The number of urea groups is 1. The van der Waals surface area contributed by atoms with Crippen LogP contribution in [0.4, 0.5) is 4.79 Å². The maximum atomic E-state index is 11.1. The van der Waals surface area contributed by atoms with E-state index in [2.05, 4.69) is 11.2 Å². The Bertz CT molecular complexity index is 181. The SMILES string of the molecule is C#CC(CCC)NC(=O)N(C)C. The average molecular weight is 168 g/mol. The Balaban J connectivity index is 3.88. The number of carbonyl (C=O) groups excluding carboxylic acids is 1. The molecule has 12 heavy (non-hydrogen) atoms. The van der Waals surface area contributed by atoms with E-state index in [9.17, 15) is 4.79 Å². The predicted octanol–water partition coefficient (Wildman–Crippen LogP) is 1.06. The fourth-order valence-electron chi connectivity index (χ4n) is 0.764. The first-order chi connectivity index (χ1) is 5.61. The summed E-state index contributed by atoms with van der Waals surface area (Å²) in [5.74, 6) is 2.53. The number of carbonyl (C=O) groups is 1. The van der Waals surface area contributed by atoms with E-state index in [1.54, 1.807) is 14.1 Å². The third kappa shape index (κ3) is 3.87. The minimum Gasteiger partial charge on any atom is -0.331 e. The van der Waals surface area contributed by atoms with E-state index in [1.165, 1.54) is 4.90 Å². The van der Waals surface area contributed by atoms with Crippen LogP contribution in [-0.2, 0) is 0 Å². The van der Waals surface area contributed by atoms with Crippen molar-refractivity contribution in [1.82, 2.24) is 10.2 Å². The summed E-state index contributed by atoms with van der Waals surface area (Å²) >= 11 is 0. The van der Waals surface area contributed by atoms with Crippen LogP contribution in [0.3, 0.4) is 0 Å². The Morgan fingerprint density at radius 2 is 2.25 bits per heavy atom. The lowest BCUT2D eigenvalue weighted by atomic mass is 10.2. The maximum absolute atomic E-state index is 11.1. The summed E-state index contributed by atoms with van der Waals surface area (Å²) in [6, 6.07) is -0.267. The summed E-state index contributed by atoms with van der Waals surface area (Å²) in [4.78, 5) is 12.6. The van der Waals surface area contributed by atoms with Crippen molar-refractivity contribution in [3.8, 4) is 12.3 Å². The van der Waals surface area contributed by atoms with Gasteiger partial charge < -0.3 is 10.2 Å². The smallest absolute Gasteiger partial charge is 0.317 e. The molecule has 0 aromatic carbocycles. The van der Waals surface area contributed by atoms with Gasteiger partial charge in [-0.1, -0.05) is 19.3 Å². The van der Waals surface area contributed by atoms with Crippen molar-refractivity contribution in [2.75, 3.05) is 14.1 Å². The standard InChI is InChI=1S/C9H16N2O/c1-5-7-8(6-2)10-9(12)11(3)4/h2,8H,5,7H2,1,3-4H3,(H,10,12). The average Bonchev–Trinajstić information content (AvgIpc) is 2.03. The molecule has 0 fully saturated rings. The zero-order valence-corrected chi connectivity index (χ0v) is 7.92. The number of nitrogens with one attached hydrogen (secondary N) is 1. The van der Waals surface area contributed by atoms with Gasteiger partial charge in [-0.3, -0.25) is 0 Å². The number of hydrogen-bond acceptors (Lipinski definition) is 1. The van der Waals surface area contributed by atoms with Crippen LogP contribution in [0.25, 0.3) is 0 Å². The fraction of sp³-hybridized carbons (Fsp3) is 0.667. The summed E-state index contributed by atoms with van der Waals surface area (Å²) in [5, 5.41) is 2.72. The van der Waals surface area contributed by atoms with Crippen LogP contribution >= 0.6 is 0 Å². The molecule has 0 aliphatic rings. The molecule has 1 unspecified atom stereocenters. The molecule has 0 aromatic rings. The Hall–Kier alpha value is -1.17. The van der Waals surface area contributed by atoms with E-state index in [0.29, 0.717) is 0 Å². The number of amides is 2. The largest absolute Gasteiger partial charge is 0.331 e. The molecule has 3 nitrogen and oxygen atoms in total. The van der Waals surface area contributed by atoms with Gasteiger partial charge in [-0.15, -0.1) is 6.42 Å². The monoisotopic (exact) mass is 168 g/mol. The molecule has 1 N–H and O–H groups in total. The summed E-state index contributed by atoms with van der Waals surface area (Å²) in [6.45, 7) is 2.03. The molecule has 0 aromatic heterocycles. The van der Waals surface area contributed by atoms with Crippen LogP contribution in [-0.4, -0.2) is 31.1 Å². The summed E-state index contributed by atoms with van der Waals surface area (Å²) in [6.07, 6.45) is 7.03. The van der Waals surface area contributed by atoms with E-state index in [1.807, 2.05) is 6.92 Å². The van der Waals surface area contributed by atoms with Gasteiger partial charge in [0.1, 0.15) is 0 Å². The third-order valence-electron chi connectivity index (χ3n) is 1.48. The molecule has 3 heteroatoms. The van der Waals surface area contributed by atoms with Crippen LogP contribution in [0.15, 0.2) is 0 Å². The molecule has 0 aliphatic carbocycles. The number of terminal acetylenes is 1. The highest BCUT2D eigenvalue weighted by molar-refractivity contribution is 5.74. The highest BCUT2D eigenvalue weighted by Crippen LogP contribution is 1.95. The van der Waals surface area contributed by atoms with E-state index < -0.39 is 0 Å². The van der Waals surface area contributed by atoms with Gasteiger partial charge in [0.2, 0.25) is 0 Å². The van der Waals surface area contributed by atoms with Crippen molar-refractivity contribution in [1.29, 1.82) is 0 Å². The Morgan fingerprint density at radius 3 is 2.58 bits per heavy atom. The normalized spacial score (nSPS) is 11.5. The van der Waals surface area contributed by atoms with E-state index in [-0.39, 0.29) is 12.1 Å². The molecule has 2 amide bonds. The van der Waals surface area contributed by atoms with Crippen molar-refractivity contribution in [3.05, 3.63) is 0 Å². The second-order valence-electron chi connectivity index (χ2n) is 2.85. The lowest BCUT2D eigenvalue weighted by molar-refractivity contribution is 0.215. The molecular weight excluding hydrogens is 152 g/mol. The fourth-order valence-corrected chi connectivity index (χ4v) is 0.764. The quantitative estimate of drug-likeness (QED) is 0.628. The molecular formula is C9H16N2O. The molecule has 0 saturated heterocycles. The number of hydrogen-bond donors (Lipinski definition) is 1. The lowest BCUT2D eigenvalue weighted by Crippen LogP contribution is -2.40. The molecule has 0 aliphatic heterocycles. The molecule has 0 rings (SSSR count). The number of nitrogens with zero attached hydrogens (tertiary/aromatic N) is 1. The zero-order chi connectivity index (χ0) is 9.56. The first-order valence-corrected chi connectivity index (χ1v) is 4.05.